The zero-order valence-electron chi connectivity index (χ0n) is 23.7. The molecule has 1 saturated carbocycles. The number of nitrogens with zero attached hydrogens (tertiary/aromatic N) is 5. The van der Waals surface area contributed by atoms with Crippen LogP contribution < -0.4 is 4.74 Å². The molecule has 3 aliphatic rings. The molecular weight excluding hydrogens is 602 g/mol. The summed E-state index contributed by atoms with van der Waals surface area (Å²) in [5.41, 5.74) is 4.16. The molecule has 220 valence electrons. The molecule has 1 fully saturated rings. The number of amides is 2. The number of carbonyl (C=O) groups is 3. The first-order valence-electron chi connectivity index (χ1n) is 14.5. The number of aliphatic carboxylic acids is 1. The Morgan fingerprint density at radius 1 is 1.14 bits per heavy atom. The average molecular weight is 637 g/mol. The van der Waals surface area contributed by atoms with Gasteiger partial charge in [0, 0.05) is 42.3 Å². The Kier molecular flexibility index (Phi) is 7.78. The largest absolute Gasteiger partial charge is 0.484 e. The standard InChI is InChI=1S/C31H34BrN5O5/c1-18(25-16-35(2)34-33-25)42-27-12-11-24(32)23-13-14-37(30(39)21-9-5-6-10-22(21)31(40)41)26(28(23)27)17-36-15-19-7-3-4-8-20(19)29(36)38/h3-4,7-8,11-12,16,18,21-22,26H,5-6,9-10,13-15,17H2,1-2H3,(H,40,41)/t18?,21?,22?,26-/m1/s1. The summed E-state index contributed by atoms with van der Waals surface area (Å²) < 4.78 is 9.04. The first kappa shape index (κ1) is 28.4. The van der Waals surface area contributed by atoms with E-state index in [4.69, 9.17) is 4.74 Å². The lowest BCUT2D eigenvalue weighted by atomic mass is 9.77. The minimum atomic E-state index is -0.920. The maximum Gasteiger partial charge on any atom is 0.307 e. The van der Waals surface area contributed by atoms with E-state index >= 15 is 0 Å². The molecule has 3 aromatic rings. The van der Waals surface area contributed by atoms with E-state index in [2.05, 4.69) is 26.2 Å². The number of ether oxygens (including phenoxy) is 1. The molecule has 4 atom stereocenters. The predicted octanol–water partition coefficient (Wildman–Crippen LogP) is 4.69. The van der Waals surface area contributed by atoms with E-state index in [-0.39, 0.29) is 18.4 Å². The number of rotatable bonds is 7. The molecule has 0 saturated heterocycles. The molecule has 11 heteroatoms. The fourth-order valence-corrected chi connectivity index (χ4v) is 7.29. The summed E-state index contributed by atoms with van der Waals surface area (Å²) in [6.45, 7) is 3.04. The third kappa shape index (κ3) is 5.19. The highest BCUT2D eigenvalue weighted by molar-refractivity contribution is 9.10. The van der Waals surface area contributed by atoms with Gasteiger partial charge in [-0.15, -0.1) is 5.10 Å². The third-order valence-corrected chi connectivity index (χ3v) is 9.63. The van der Waals surface area contributed by atoms with E-state index in [0.29, 0.717) is 49.4 Å². The van der Waals surface area contributed by atoms with Gasteiger partial charge in [0.15, 0.2) is 0 Å². The summed E-state index contributed by atoms with van der Waals surface area (Å²) in [6.07, 6.45) is 4.64. The topological polar surface area (TPSA) is 118 Å². The van der Waals surface area contributed by atoms with Gasteiger partial charge in [-0.2, -0.15) is 0 Å². The molecule has 2 amide bonds. The van der Waals surface area contributed by atoms with Crippen LogP contribution in [-0.4, -0.2) is 60.8 Å². The SMILES string of the molecule is CC(Oc1ccc(Br)c2c1[C@@H](CN1Cc3ccccc3C1=O)N(C(=O)C1CCCCC1C(=O)O)CC2)c1cn(C)nn1. The van der Waals surface area contributed by atoms with Gasteiger partial charge in [-0.25, -0.2) is 0 Å². The number of carboxylic acid groups (broad SMARTS) is 1. The molecule has 2 aliphatic heterocycles. The van der Waals surface area contributed by atoms with E-state index in [1.54, 1.807) is 22.8 Å². The molecule has 0 radical (unpaired) electrons. The number of aromatic nitrogens is 3. The van der Waals surface area contributed by atoms with Crippen LogP contribution in [0.1, 0.15) is 77.5 Å². The van der Waals surface area contributed by atoms with Crippen LogP contribution in [0.4, 0.5) is 0 Å². The highest BCUT2D eigenvalue weighted by Gasteiger charge is 2.44. The lowest BCUT2D eigenvalue weighted by Gasteiger charge is -2.43. The molecule has 1 aromatic heterocycles. The molecule has 3 unspecified atom stereocenters. The quantitative estimate of drug-likeness (QED) is 0.400. The van der Waals surface area contributed by atoms with Gasteiger partial charge in [0.05, 0.1) is 24.1 Å². The zero-order chi connectivity index (χ0) is 29.5. The van der Waals surface area contributed by atoms with Gasteiger partial charge in [-0.05, 0) is 55.5 Å². The van der Waals surface area contributed by atoms with Gasteiger partial charge in [-0.3, -0.25) is 19.1 Å². The Morgan fingerprint density at radius 3 is 2.62 bits per heavy atom. The summed E-state index contributed by atoms with van der Waals surface area (Å²) in [7, 11) is 1.80. The summed E-state index contributed by atoms with van der Waals surface area (Å²) in [5, 5.41) is 18.2. The van der Waals surface area contributed by atoms with Crippen molar-refractivity contribution in [2.24, 2.45) is 18.9 Å². The van der Waals surface area contributed by atoms with E-state index in [9.17, 15) is 19.5 Å². The van der Waals surface area contributed by atoms with Crippen LogP contribution in [0.15, 0.2) is 47.1 Å². The number of carbonyl (C=O) groups excluding carboxylic acids is 2. The minimum Gasteiger partial charge on any atom is -0.484 e. The number of benzene rings is 2. The number of hydrogen-bond donors (Lipinski definition) is 1. The maximum atomic E-state index is 14.3. The van der Waals surface area contributed by atoms with E-state index in [1.807, 2.05) is 48.2 Å². The Hall–Kier alpha value is -3.73. The van der Waals surface area contributed by atoms with Crippen LogP contribution in [0.3, 0.4) is 0 Å². The monoisotopic (exact) mass is 635 g/mol. The molecule has 42 heavy (non-hydrogen) atoms. The Labute approximate surface area is 252 Å². The second-order valence-electron chi connectivity index (χ2n) is 11.5. The smallest absolute Gasteiger partial charge is 0.307 e. The summed E-state index contributed by atoms with van der Waals surface area (Å²) >= 11 is 3.73. The fraction of sp³-hybridized carbons (Fsp3) is 0.452. The molecule has 10 nitrogen and oxygen atoms in total. The van der Waals surface area contributed by atoms with Gasteiger partial charge in [0.25, 0.3) is 5.91 Å². The molecule has 0 bridgehead atoms. The normalized spacial score (nSPS) is 22.5. The molecule has 0 spiro atoms. The number of halogens is 1. The molecule has 2 aromatic carbocycles. The van der Waals surface area contributed by atoms with Gasteiger partial charge in [-0.1, -0.05) is 52.2 Å². The van der Waals surface area contributed by atoms with Crippen molar-refractivity contribution in [2.45, 2.75) is 57.7 Å². The van der Waals surface area contributed by atoms with Crippen LogP contribution in [0.5, 0.6) is 5.75 Å². The highest BCUT2D eigenvalue weighted by Crippen LogP contribution is 2.44. The van der Waals surface area contributed by atoms with Crippen molar-refractivity contribution in [3.05, 3.63) is 75.0 Å². The number of carboxylic acids is 1. The Bertz CT molecular complexity index is 1540. The predicted molar refractivity (Wildman–Crippen MR) is 157 cm³/mol. The first-order chi connectivity index (χ1) is 20.2. The fourth-order valence-electron chi connectivity index (χ4n) is 6.74. The van der Waals surface area contributed by atoms with Crippen molar-refractivity contribution in [1.82, 2.24) is 24.8 Å². The first-order valence-corrected chi connectivity index (χ1v) is 15.3. The van der Waals surface area contributed by atoms with Crippen molar-refractivity contribution in [3.63, 3.8) is 0 Å². The second-order valence-corrected chi connectivity index (χ2v) is 12.3. The van der Waals surface area contributed by atoms with Crippen molar-refractivity contribution in [2.75, 3.05) is 13.1 Å². The van der Waals surface area contributed by atoms with E-state index in [1.165, 1.54) is 0 Å². The van der Waals surface area contributed by atoms with Crippen molar-refractivity contribution in [1.29, 1.82) is 0 Å². The van der Waals surface area contributed by atoms with Gasteiger partial charge in [0.1, 0.15) is 17.5 Å². The third-order valence-electron chi connectivity index (χ3n) is 8.89. The van der Waals surface area contributed by atoms with Gasteiger partial charge < -0.3 is 19.6 Å². The lowest BCUT2D eigenvalue weighted by molar-refractivity contribution is -0.153. The van der Waals surface area contributed by atoms with Crippen LogP contribution in [-0.2, 0) is 29.6 Å². The summed E-state index contributed by atoms with van der Waals surface area (Å²) in [4.78, 5) is 43.6. The lowest BCUT2D eigenvalue weighted by Crippen LogP contribution is -2.50. The molecule has 6 rings (SSSR count). The number of hydrogen-bond acceptors (Lipinski definition) is 6. The second kappa shape index (κ2) is 11.5. The minimum absolute atomic E-state index is 0.0726. The van der Waals surface area contributed by atoms with E-state index < -0.39 is 30.0 Å². The number of aryl methyl sites for hydroxylation is 1. The molecule has 3 heterocycles. The van der Waals surface area contributed by atoms with Crippen LogP contribution in [0, 0.1) is 11.8 Å². The number of fused-ring (bicyclic) bond motifs is 2. The average Bonchev–Trinajstić information content (AvgIpc) is 3.57. The molecule has 1 aliphatic carbocycles. The Morgan fingerprint density at radius 2 is 1.90 bits per heavy atom. The van der Waals surface area contributed by atoms with Crippen LogP contribution in [0.25, 0.3) is 0 Å². The van der Waals surface area contributed by atoms with Gasteiger partial charge in [0.2, 0.25) is 5.91 Å². The molecule has 1 N–H and O–H groups in total. The van der Waals surface area contributed by atoms with Crippen LogP contribution in [0.2, 0.25) is 0 Å². The van der Waals surface area contributed by atoms with Crippen LogP contribution >= 0.6 is 15.9 Å². The summed E-state index contributed by atoms with van der Waals surface area (Å²) in [5.74, 6) is -1.85. The molecular formula is C31H34BrN5O5. The van der Waals surface area contributed by atoms with E-state index in [0.717, 1.165) is 34.0 Å². The zero-order valence-corrected chi connectivity index (χ0v) is 25.3. The van der Waals surface area contributed by atoms with Crippen molar-refractivity contribution < 1.29 is 24.2 Å². The highest BCUT2D eigenvalue weighted by atomic mass is 79.9. The maximum absolute atomic E-state index is 14.3. The van der Waals surface area contributed by atoms with Crippen molar-refractivity contribution >= 4 is 33.7 Å². The summed E-state index contributed by atoms with van der Waals surface area (Å²) in [6, 6.07) is 10.9. The van der Waals surface area contributed by atoms with Gasteiger partial charge >= 0.3 is 5.97 Å². The Balaban J connectivity index is 1.40. The van der Waals surface area contributed by atoms with Crippen molar-refractivity contribution in [3.8, 4) is 5.75 Å².